The van der Waals surface area contributed by atoms with E-state index in [9.17, 15) is 0 Å². The molecule has 112 valence electrons. The zero-order valence-electron chi connectivity index (χ0n) is 12.1. The fourth-order valence-corrected chi connectivity index (χ4v) is 2.79. The summed E-state index contributed by atoms with van der Waals surface area (Å²) in [6.45, 7) is 0. The van der Waals surface area contributed by atoms with Crippen LogP contribution in [0.2, 0.25) is 0 Å². The molecular formula is C15H18BrN3O2. The van der Waals surface area contributed by atoms with Crippen LogP contribution in [0.15, 0.2) is 22.8 Å². The Kier molecular flexibility index (Phi) is 3.80. The largest absolute Gasteiger partial charge is 0.493 e. The molecule has 0 amide bonds. The van der Waals surface area contributed by atoms with Crippen LogP contribution < -0.4 is 15.2 Å². The second kappa shape index (κ2) is 5.60. The molecule has 0 unspecified atom stereocenters. The lowest BCUT2D eigenvalue weighted by atomic mass is 9.96. The smallest absolute Gasteiger partial charge is 0.169 e. The molecule has 1 aliphatic carbocycles. The van der Waals surface area contributed by atoms with E-state index in [4.69, 9.17) is 15.2 Å². The second-order valence-corrected chi connectivity index (χ2v) is 6.14. The molecule has 2 N–H and O–H groups in total. The van der Waals surface area contributed by atoms with Gasteiger partial charge in [0.05, 0.1) is 19.4 Å². The van der Waals surface area contributed by atoms with Crippen molar-refractivity contribution in [2.75, 3.05) is 12.8 Å². The van der Waals surface area contributed by atoms with Crippen LogP contribution in [-0.4, -0.2) is 23.0 Å². The number of methoxy groups -OCH3 is 1. The number of aryl methyl sites for hydroxylation is 1. The Balaban J connectivity index is 2.12. The third-order valence-electron chi connectivity index (χ3n) is 3.85. The number of aromatic nitrogens is 2. The fourth-order valence-electron chi connectivity index (χ4n) is 2.35. The predicted molar refractivity (Wildman–Crippen MR) is 85.6 cm³/mol. The van der Waals surface area contributed by atoms with E-state index in [-0.39, 0.29) is 6.10 Å². The molecule has 1 saturated carbocycles. The summed E-state index contributed by atoms with van der Waals surface area (Å²) < 4.78 is 14.2. The van der Waals surface area contributed by atoms with Crippen LogP contribution in [0, 0.1) is 0 Å². The minimum atomic E-state index is 0.261. The van der Waals surface area contributed by atoms with Crippen molar-refractivity contribution in [3.05, 3.63) is 22.8 Å². The summed E-state index contributed by atoms with van der Waals surface area (Å²) in [7, 11) is 3.46. The lowest BCUT2D eigenvalue weighted by Gasteiger charge is -2.28. The predicted octanol–water partition coefficient (Wildman–Crippen LogP) is 3.37. The average molecular weight is 352 g/mol. The second-order valence-electron chi connectivity index (χ2n) is 5.22. The van der Waals surface area contributed by atoms with Gasteiger partial charge in [-0.15, -0.1) is 0 Å². The van der Waals surface area contributed by atoms with Gasteiger partial charge >= 0.3 is 0 Å². The van der Waals surface area contributed by atoms with Gasteiger partial charge in [0.1, 0.15) is 5.82 Å². The van der Waals surface area contributed by atoms with E-state index in [1.165, 1.54) is 6.42 Å². The van der Waals surface area contributed by atoms with Crippen molar-refractivity contribution in [1.29, 1.82) is 0 Å². The molecule has 1 aromatic heterocycles. The Morgan fingerprint density at radius 2 is 2.10 bits per heavy atom. The van der Waals surface area contributed by atoms with Crippen LogP contribution in [0.1, 0.15) is 19.3 Å². The molecule has 21 heavy (non-hydrogen) atoms. The standard InChI is InChI=1S/C15H18BrN3O2/c1-19-15(17)12(8-18-19)11-6-9(16)7-13(20-2)14(11)21-10-4-3-5-10/h6-8,10H,3-5,17H2,1-2H3. The molecule has 0 saturated heterocycles. The molecule has 0 atom stereocenters. The van der Waals surface area contributed by atoms with Gasteiger partial charge < -0.3 is 15.2 Å². The van der Waals surface area contributed by atoms with E-state index >= 15 is 0 Å². The molecular weight excluding hydrogens is 334 g/mol. The summed E-state index contributed by atoms with van der Waals surface area (Å²) in [4.78, 5) is 0. The molecule has 2 aromatic rings. The van der Waals surface area contributed by atoms with E-state index in [0.717, 1.165) is 34.2 Å². The number of rotatable bonds is 4. The number of hydrogen-bond donors (Lipinski definition) is 1. The third-order valence-corrected chi connectivity index (χ3v) is 4.31. The van der Waals surface area contributed by atoms with Gasteiger partial charge in [-0.25, -0.2) is 0 Å². The van der Waals surface area contributed by atoms with Crippen LogP contribution in [-0.2, 0) is 7.05 Å². The first-order valence-corrected chi connectivity index (χ1v) is 7.71. The maximum Gasteiger partial charge on any atom is 0.169 e. The first kappa shape index (κ1) is 14.3. The van der Waals surface area contributed by atoms with Gasteiger partial charge in [0.2, 0.25) is 0 Å². The number of nitrogens with zero attached hydrogens (tertiary/aromatic N) is 2. The SMILES string of the molecule is COc1cc(Br)cc(-c2cnn(C)c2N)c1OC1CCC1. The minimum absolute atomic E-state index is 0.261. The number of anilines is 1. The molecule has 0 radical (unpaired) electrons. The quantitative estimate of drug-likeness (QED) is 0.917. The highest BCUT2D eigenvalue weighted by atomic mass is 79.9. The van der Waals surface area contributed by atoms with Crippen molar-refractivity contribution in [2.24, 2.45) is 7.05 Å². The highest BCUT2D eigenvalue weighted by molar-refractivity contribution is 9.10. The maximum atomic E-state index is 6.14. The molecule has 3 rings (SSSR count). The first-order valence-electron chi connectivity index (χ1n) is 6.92. The highest BCUT2D eigenvalue weighted by Crippen LogP contribution is 2.44. The number of nitrogens with two attached hydrogens (primary N) is 1. The van der Waals surface area contributed by atoms with Crippen LogP contribution in [0.25, 0.3) is 11.1 Å². The Morgan fingerprint density at radius 1 is 1.33 bits per heavy atom. The molecule has 0 spiro atoms. The van der Waals surface area contributed by atoms with Crippen molar-refractivity contribution in [2.45, 2.75) is 25.4 Å². The van der Waals surface area contributed by atoms with Gasteiger partial charge in [-0.05, 0) is 31.4 Å². The molecule has 1 aromatic carbocycles. The van der Waals surface area contributed by atoms with Gasteiger partial charge in [-0.2, -0.15) is 5.10 Å². The van der Waals surface area contributed by atoms with Crippen molar-refractivity contribution < 1.29 is 9.47 Å². The molecule has 0 aliphatic heterocycles. The van der Waals surface area contributed by atoms with Crippen molar-refractivity contribution in [3.8, 4) is 22.6 Å². The molecule has 0 bridgehead atoms. The molecule has 5 nitrogen and oxygen atoms in total. The van der Waals surface area contributed by atoms with Crippen LogP contribution in [0.4, 0.5) is 5.82 Å². The summed E-state index contributed by atoms with van der Waals surface area (Å²) in [6.07, 6.45) is 5.40. The normalized spacial score (nSPS) is 14.8. The van der Waals surface area contributed by atoms with Crippen molar-refractivity contribution >= 4 is 21.7 Å². The van der Waals surface area contributed by atoms with E-state index in [2.05, 4.69) is 21.0 Å². The zero-order chi connectivity index (χ0) is 15.0. The molecule has 1 fully saturated rings. The molecule has 1 heterocycles. The van der Waals surface area contributed by atoms with Gasteiger partial charge in [-0.1, -0.05) is 15.9 Å². The molecule has 6 heteroatoms. The number of nitrogen functional groups attached to an aromatic ring is 1. The fraction of sp³-hybridized carbons (Fsp3) is 0.400. The number of hydrogen-bond acceptors (Lipinski definition) is 4. The minimum Gasteiger partial charge on any atom is -0.493 e. The Bertz CT molecular complexity index is 665. The monoisotopic (exact) mass is 351 g/mol. The summed E-state index contributed by atoms with van der Waals surface area (Å²) >= 11 is 3.51. The van der Waals surface area contributed by atoms with Gasteiger partial charge in [-0.3, -0.25) is 4.68 Å². The zero-order valence-corrected chi connectivity index (χ0v) is 13.7. The number of ether oxygens (including phenoxy) is 2. The average Bonchev–Trinajstić information content (AvgIpc) is 2.74. The van der Waals surface area contributed by atoms with Gasteiger partial charge in [0, 0.05) is 22.6 Å². The Labute approximate surface area is 132 Å². The first-order chi connectivity index (χ1) is 10.1. The van der Waals surface area contributed by atoms with Crippen molar-refractivity contribution in [1.82, 2.24) is 9.78 Å². The van der Waals surface area contributed by atoms with Crippen LogP contribution in [0.3, 0.4) is 0 Å². The lowest BCUT2D eigenvalue weighted by molar-refractivity contribution is 0.117. The van der Waals surface area contributed by atoms with Gasteiger partial charge in [0.25, 0.3) is 0 Å². The number of halogens is 1. The highest BCUT2D eigenvalue weighted by Gasteiger charge is 2.25. The Hall–Kier alpha value is -1.69. The Morgan fingerprint density at radius 3 is 2.62 bits per heavy atom. The van der Waals surface area contributed by atoms with E-state index < -0.39 is 0 Å². The number of benzene rings is 1. The van der Waals surface area contributed by atoms with E-state index in [1.807, 2.05) is 19.2 Å². The van der Waals surface area contributed by atoms with Crippen molar-refractivity contribution in [3.63, 3.8) is 0 Å². The topological polar surface area (TPSA) is 62.3 Å². The summed E-state index contributed by atoms with van der Waals surface area (Å²) in [5.41, 5.74) is 7.87. The summed E-state index contributed by atoms with van der Waals surface area (Å²) in [5.74, 6) is 2.05. The maximum absolute atomic E-state index is 6.14. The lowest BCUT2D eigenvalue weighted by Crippen LogP contribution is -2.25. The summed E-state index contributed by atoms with van der Waals surface area (Å²) in [6, 6.07) is 3.90. The third kappa shape index (κ3) is 2.60. The van der Waals surface area contributed by atoms with Crippen LogP contribution in [0.5, 0.6) is 11.5 Å². The molecule has 1 aliphatic rings. The van der Waals surface area contributed by atoms with E-state index in [0.29, 0.717) is 11.6 Å². The van der Waals surface area contributed by atoms with Crippen LogP contribution >= 0.6 is 15.9 Å². The summed E-state index contributed by atoms with van der Waals surface area (Å²) in [5, 5.41) is 4.21. The van der Waals surface area contributed by atoms with Gasteiger partial charge in [0.15, 0.2) is 11.5 Å². The van der Waals surface area contributed by atoms with E-state index in [1.54, 1.807) is 18.0 Å².